The van der Waals surface area contributed by atoms with Gasteiger partial charge in [0.1, 0.15) is 23.9 Å². The predicted octanol–water partition coefficient (Wildman–Crippen LogP) is 3.38. The van der Waals surface area contributed by atoms with E-state index >= 15 is 0 Å². The van der Waals surface area contributed by atoms with E-state index < -0.39 is 17.6 Å². The molecule has 2 amide bonds. The normalized spacial score (nSPS) is 10.3. The molecule has 0 unspecified atom stereocenters. The number of aryl methyl sites for hydroxylation is 1. The first-order valence-electron chi connectivity index (χ1n) is 8.16. The van der Waals surface area contributed by atoms with Crippen molar-refractivity contribution < 1.29 is 23.1 Å². The average molecular weight is 368 g/mol. The van der Waals surface area contributed by atoms with Gasteiger partial charge >= 0.3 is 5.91 Å². The maximum absolute atomic E-state index is 13.3. The van der Waals surface area contributed by atoms with E-state index in [9.17, 15) is 14.0 Å². The van der Waals surface area contributed by atoms with Crippen LogP contribution in [0.2, 0.25) is 0 Å². The third-order valence-electron chi connectivity index (χ3n) is 3.74. The van der Waals surface area contributed by atoms with E-state index in [1.54, 1.807) is 25.1 Å². The Morgan fingerprint density at radius 2 is 1.74 bits per heavy atom. The number of amides is 2. The lowest BCUT2D eigenvalue weighted by Gasteiger charge is -2.08. The van der Waals surface area contributed by atoms with Gasteiger partial charge in [-0.3, -0.25) is 20.4 Å². The van der Waals surface area contributed by atoms with E-state index in [4.69, 9.17) is 9.15 Å². The van der Waals surface area contributed by atoms with Crippen LogP contribution in [0.5, 0.6) is 5.75 Å². The topological polar surface area (TPSA) is 80.6 Å². The van der Waals surface area contributed by atoms with Crippen LogP contribution in [0.25, 0.3) is 0 Å². The largest absolute Gasteiger partial charge is 0.486 e. The molecule has 138 valence electrons. The summed E-state index contributed by atoms with van der Waals surface area (Å²) in [4.78, 5) is 24.2. The van der Waals surface area contributed by atoms with Crippen molar-refractivity contribution in [1.82, 2.24) is 10.9 Å². The molecule has 0 aliphatic carbocycles. The number of halogens is 1. The number of hydrogen-bond donors (Lipinski definition) is 2. The van der Waals surface area contributed by atoms with Crippen LogP contribution in [0.3, 0.4) is 0 Å². The monoisotopic (exact) mass is 368 g/mol. The van der Waals surface area contributed by atoms with Gasteiger partial charge < -0.3 is 9.15 Å². The molecule has 1 aromatic heterocycles. The van der Waals surface area contributed by atoms with Gasteiger partial charge in [-0.15, -0.1) is 0 Å². The molecular formula is C20H17FN2O4. The van der Waals surface area contributed by atoms with Crippen molar-refractivity contribution in [1.29, 1.82) is 0 Å². The Labute approximate surface area is 154 Å². The fourth-order valence-electron chi connectivity index (χ4n) is 2.33. The molecule has 27 heavy (non-hydrogen) atoms. The van der Waals surface area contributed by atoms with E-state index in [-0.39, 0.29) is 17.9 Å². The number of ether oxygens (including phenoxy) is 1. The standard InChI is InChI=1S/C20H17FN2O4/c1-13-7-8-14(21)11-17(13)19(24)22-23-20(25)18-10-9-16(27-18)12-26-15-5-3-2-4-6-15/h2-11H,12H2,1H3,(H,22,24)(H,23,25). The first-order valence-corrected chi connectivity index (χ1v) is 8.16. The van der Waals surface area contributed by atoms with Crippen molar-refractivity contribution in [3.8, 4) is 5.75 Å². The molecule has 7 heteroatoms. The van der Waals surface area contributed by atoms with Gasteiger partial charge in [0, 0.05) is 5.56 Å². The zero-order valence-electron chi connectivity index (χ0n) is 14.5. The van der Waals surface area contributed by atoms with Gasteiger partial charge in [0.2, 0.25) is 0 Å². The second-order valence-electron chi connectivity index (χ2n) is 5.74. The van der Waals surface area contributed by atoms with Gasteiger partial charge in [-0.25, -0.2) is 4.39 Å². The Hall–Kier alpha value is -3.61. The number of para-hydroxylation sites is 1. The minimum atomic E-state index is -0.636. The molecule has 3 rings (SSSR count). The van der Waals surface area contributed by atoms with E-state index in [2.05, 4.69) is 10.9 Å². The Morgan fingerprint density at radius 1 is 1.00 bits per heavy atom. The second-order valence-corrected chi connectivity index (χ2v) is 5.74. The van der Waals surface area contributed by atoms with Crippen LogP contribution in [0.4, 0.5) is 4.39 Å². The van der Waals surface area contributed by atoms with Gasteiger partial charge in [-0.1, -0.05) is 24.3 Å². The summed E-state index contributed by atoms with van der Waals surface area (Å²) in [5.74, 6) is -0.652. The lowest BCUT2D eigenvalue weighted by Crippen LogP contribution is -2.41. The molecule has 0 spiro atoms. The van der Waals surface area contributed by atoms with Crippen LogP contribution in [0.1, 0.15) is 32.2 Å². The zero-order valence-corrected chi connectivity index (χ0v) is 14.5. The smallest absolute Gasteiger partial charge is 0.305 e. The summed E-state index contributed by atoms with van der Waals surface area (Å²) in [5.41, 5.74) is 5.19. The van der Waals surface area contributed by atoms with Gasteiger partial charge in [0.05, 0.1) is 0 Å². The number of carbonyl (C=O) groups excluding carboxylic acids is 2. The molecule has 2 aromatic carbocycles. The molecule has 0 atom stereocenters. The van der Waals surface area contributed by atoms with Crippen molar-refractivity contribution >= 4 is 11.8 Å². The van der Waals surface area contributed by atoms with Crippen molar-refractivity contribution in [3.05, 3.63) is 89.1 Å². The van der Waals surface area contributed by atoms with Crippen molar-refractivity contribution in [2.45, 2.75) is 13.5 Å². The molecule has 0 saturated heterocycles. The molecule has 0 saturated carbocycles. The molecular weight excluding hydrogens is 351 g/mol. The average Bonchev–Trinajstić information content (AvgIpc) is 3.16. The molecule has 0 bridgehead atoms. The summed E-state index contributed by atoms with van der Waals surface area (Å²) >= 11 is 0. The number of nitrogens with one attached hydrogen (secondary N) is 2. The first-order chi connectivity index (χ1) is 13.0. The van der Waals surface area contributed by atoms with Crippen LogP contribution in [0, 0.1) is 12.7 Å². The molecule has 0 aliphatic heterocycles. The van der Waals surface area contributed by atoms with Crippen LogP contribution >= 0.6 is 0 Å². The molecule has 1 heterocycles. The Balaban J connectivity index is 1.55. The maximum atomic E-state index is 13.3. The lowest BCUT2D eigenvalue weighted by molar-refractivity contribution is 0.0828. The van der Waals surface area contributed by atoms with Crippen LogP contribution in [-0.4, -0.2) is 11.8 Å². The number of hydrazine groups is 1. The summed E-state index contributed by atoms with van der Waals surface area (Å²) in [6.45, 7) is 1.83. The molecule has 0 radical (unpaired) electrons. The second kappa shape index (κ2) is 8.18. The van der Waals surface area contributed by atoms with E-state index in [0.717, 1.165) is 6.07 Å². The molecule has 6 nitrogen and oxygen atoms in total. The first kappa shape index (κ1) is 18.2. The van der Waals surface area contributed by atoms with Crippen LogP contribution in [0.15, 0.2) is 65.1 Å². The molecule has 0 aliphatic rings. The SMILES string of the molecule is Cc1ccc(F)cc1C(=O)NNC(=O)c1ccc(COc2ccccc2)o1. The van der Waals surface area contributed by atoms with Crippen LogP contribution in [-0.2, 0) is 6.61 Å². The maximum Gasteiger partial charge on any atom is 0.305 e. The Kier molecular flexibility index (Phi) is 5.51. The highest BCUT2D eigenvalue weighted by molar-refractivity contribution is 5.98. The van der Waals surface area contributed by atoms with Gasteiger partial charge in [-0.2, -0.15) is 0 Å². The van der Waals surface area contributed by atoms with E-state index in [1.165, 1.54) is 18.2 Å². The van der Waals surface area contributed by atoms with Crippen molar-refractivity contribution in [3.63, 3.8) is 0 Å². The quantitative estimate of drug-likeness (QED) is 0.677. The van der Waals surface area contributed by atoms with Gasteiger partial charge in [0.15, 0.2) is 5.76 Å². The highest BCUT2D eigenvalue weighted by atomic mass is 19.1. The highest BCUT2D eigenvalue weighted by Crippen LogP contribution is 2.14. The van der Waals surface area contributed by atoms with Gasteiger partial charge in [-0.05, 0) is 48.9 Å². The molecule has 0 fully saturated rings. The summed E-state index contributed by atoms with van der Waals surface area (Å²) in [6.07, 6.45) is 0. The number of carbonyl (C=O) groups is 2. The molecule has 2 N–H and O–H groups in total. The minimum absolute atomic E-state index is 0.0120. The summed E-state index contributed by atoms with van der Waals surface area (Å²) in [5, 5.41) is 0. The Bertz CT molecular complexity index is 954. The Morgan fingerprint density at radius 3 is 2.52 bits per heavy atom. The highest BCUT2D eigenvalue weighted by Gasteiger charge is 2.15. The summed E-state index contributed by atoms with van der Waals surface area (Å²) in [6, 6.07) is 16.1. The summed E-state index contributed by atoms with van der Waals surface area (Å²) in [7, 11) is 0. The molecule has 3 aromatic rings. The van der Waals surface area contributed by atoms with E-state index in [0.29, 0.717) is 17.1 Å². The fourth-order valence-corrected chi connectivity index (χ4v) is 2.33. The van der Waals surface area contributed by atoms with Crippen molar-refractivity contribution in [2.75, 3.05) is 0 Å². The number of furan rings is 1. The minimum Gasteiger partial charge on any atom is -0.486 e. The lowest BCUT2D eigenvalue weighted by atomic mass is 10.1. The van der Waals surface area contributed by atoms with Crippen molar-refractivity contribution in [2.24, 2.45) is 0 Å². The number of benzene rings is 2. The van der Waals surface area contributed by atoms with Crippen LogP contribution < -0.4 is 15.6 Å². The number of hydrogen-bond acceptors (Lipinski definition) is 4. The van der Waals surface area contributed by atoms with E-state index in [1.807, 2.05) is 18.2 Å². The third-order valence-corrected chi connectivity index (χ3v) is 3.74. The van der Waals surface area contributed by atoms with Gasteiger partial charge in [0.25, 0.3) is 5.91 Å². The summed E-state index contributed by atoms with van der Waals surface area (Å²) < 4.78 is 24.2. The predicted molar refractivity (Wildman–Crippen MR) is 95.6 cm³/mol. The zero-order chi connectivity index (χ0) is 19.2. The fraction of sp³-hybridized carbons (Fsp3) is 0.100. The number of rotatable bonds is 5. The third kappa shape index (κ3) is 4.72.